The van der Waals surface area contributed by atoms with Gasteiger partial charge < -0.3 is 19.6 Å². The summed E-state index contributed by atoms with van der Waals surface area (Å²) >= 11 is 0. The lowest BCUT2D eigenvalue weighted by molar-refractivity contribution is 0.0694. The Kier molecular flexibility index (Phi) is 4.77. The van der Waals surface area contributed by atoms with Crippen molar-refractivity contribution in [3.05, 3.63) is 47.0 Å². The summed E-state index contributed by atoms with van der Waals surface area (Å²) in [7, 11) is 0. The predicted octanol–water partition coefficient (Wildman–Crippen LogP) is 2.01. The minimum atomic E-state index is -1.07. The number of rotatable bonds is 6. The molecule has 2 aromatic rings. The maximum absolute atomic E-state index is 12.2. The standard InChI is InChI=1S/C15H16N2O5/c1-3-21-14-11(5-4-6-16-14)13(18)17-8-10-7-12(15(19)20)9(2)22-10/h4-7H,3,8H2,1-2H3,(H,17,18)(H,19,20). The number of carbonyl (C=O) groups excluding carboxylic acids is 1. The van der Waals surface area contributed by atoms with Crippen molar-refractivity contribution in [2.24, 2.45) is 0 Å². The van der Waals surface area contributed by atoms with Crippen LogP contribution in [0.2, 0.25) is 0 Å². The van der Waals surface area contributed by atoms with Crippen LogP contribution < -0.4 is 10.1 Å². The summed E-state index contributed by atoms with van der Waals surface area (Å²) in [6.45, 7) is 3.84. The molecule has 7 nitrogen and oxygen atoms in total. The largest absolute Gasteiger partial charge is 0.478 e. The lowest BCUT2D eigenvalue weighted by Crippen LogP contribution is -2.23. The van der Waals surface area contributed by atoms with Crippen molar-refractivity contribution in [3.63, 3.8) is 0 Å². The molecule has 0 aliphatic heterocycles. The Hall–Kier alpha value is -2.83. The highest BCUT2D eigenvalue weighted by molar-refractivity contribution is 5.96. The third-order valence-corrected chi connectivity index (χ3v) is 2.92. The van der Waals surface area contributed by atoms with Gasteiger partial charge in [0.1, 0.15) is 22.6 Å². The normalized spacial score (nSPS) is 10.3. The van der Waals surface area contributed by atoms with E-state index >= 15 is 0 Å². The number of nitrogens with one attached hydrogen (secondary N) is 1. The number of carboxylic acids is 1. The Labute approximate surface area is 126 Å². The van der Waals surface area contributed by atoms with Gasteiger partial charge in [-0.3, -0.25) is 4.79 Å². The topological polar surface area (TPSA) is 102 Å². The highest BCUT2D eigenvalue weighted by atomic mass is 16.5. The van der Waals surface area contributed by atoms with Gasteiger partial charge in [-0.1, -0.05) is 0 Å². The molecule has 2 aromatic heterocycles. The molecule has 7 heteroatoms. The number of aromatic carboxylic acids is 1. The van der Waals surface area contributed by atoms with Crippen LogP contribution in [0.4, 0.5) is 0 Å². The fourth-order valence-corrected chi connectivity index (χ4v) is 1.92. The van der Waals surface area contributed by atoms with Crippen LogP contribution in [-0.2, 0) is 6.54 Å². The fraction of sp³-hybridized carbons (Fsp3) is 0.267. The number of hydrogen-bond donors (Lipinski definition) is 2. The maximum atomic E-state index is 12.2. The van der Waals surface area contributed by atoms with Crippen molar-refractivity contribution in [2.45, 2.75) is 20.4 Å². The predicted molar refractivity (Wildman–Crippen MR) is 77.0 cm³/mol. The van der Waals surface area contributed by atoms with Gasteiger partial charge in [0.15, 0.2) is 0 Å². The van der Waals surface area contributed by atoms with Gasteiger partial charge in [-0.25, -0.2) is 9.78 Å². The number of furan rings is 1. The second-order valence-corrected chi connectivity index (χ2v) is 4.46. The van der Waals surface area contributed by atoms with E-state index in [1.807, 2.05) is 0 Å². The first-order valence-corrected chi connectivity index (χ1v) is 6.71. The van der Waals surface area contributed by atoms with Gasteiger partial charge in [0.2, 0.25) is 5.88 Å². The number of aromatic nitrogens is 1. The van der Waals surface area contributed by atoms with Crippen LogP contribution in [0.5, 0.6) is 5.88 Å². The van der Waals surface area contributed by atoms with Crippen LogP contribution in [-0.4, -0.2) is 28.6 Å². The fourth-order valence-electron chi connectivity index (χ4n) is 1.92. The number of carboxylic acid groups (broad SMARTS) is 1. The zero-order valence-electron chi connectivity index (χ0n) is 12.3. The number of carbonyl (C=O) groups is 2. The molecule has 22 heavy (non-hydrogen) atoms. The van der Waals surface area contributed by atoms with Gasteiger partial charge in [-0.2, -0.15) is 0 Å². The van der Waals surface area contributed by atoms with Crippen LogP contribution in [0.3, 0.4) is 0 Å². The minimum absolute atomic E-state index is 0.0768. The van der Waals surface area contributed by atoms with Crippen LogP contribution in [0.15, 0.2) is 28.8 Å². The number of hydrogen-bond acceptors (Lipinski definition) is 5. The summed E-state index contributed by atoms with van der Waals surface area (Å²) in [6, 6.07) is 4.63. The molecule has 0 unspecified atom stereocenters. The lowest BCUT2D eigenvalue weighted by atomic mass is 10.2. The number of nitrogens with zero attached hydrogens (tertiary/aromatic N) is 1. The van der Waals surface area contributed by atoms with Crippen molar-refractivity contribution in [1.29, 1.82) is 0 Å². The van der Waals surface area contributed by atoms with Gasteiger partial charge in [0.05, 0.1) is 13.2 Å². The summed E-state index contributed by atoms with van der Waals surface area (Å²) in [5.74, 6) is -0.519. The van der Waals surface area contributed by atoms with Gasteiger partial charge in [0, 0.05) is 6.20 Å². The van der Waals surface area contributed by atoms with Crippen molar-refractivity contribution >= 4 is 11.9 Å². The molecular formula is C15H16N2O5. The summed E-state index contributed by atoms with van der Waals surface area (Å²) in [5, 5.41) is 11.6. The number of pyridine rings is 1. The second kappa shape index (κ2) is 6.75. The van der Waals surface area contributed by atoms with E-state index in [0.717, 1.165) is 0 Å². The molecule has 116 valence electrons. The zero-order valence-corrected chi connectivity index (χ0v) is 12.3. The first-order chi connectivity index (χ1) is 10.5. The molecule has 0 aliphatic carbocycles. The molecule has 0 bridgehead atoms. The maximum Gasteiger partial charge on any atom is 0.339 e. The third kappa shape index (κ3) is 3.43. The Morgan fingerprint density at radius 1 is 1.41 bits per heavy atom. The lowest BCUT2D eigenvalue weighted by Gasteiger charge is -2.08. The van der Waals surface area contributed by atoms with Gasteiger partial charge in [0.25, 0.3) is 5.91 Å². The first-order valence-electron chi connectivity index (χ1n) is 6.71. The summed E-state index contributed by atoms with van der Waals surface area (Å²) < 4.78 is 10.6. The molecule has 0 fully saturated rings. The molecule has 0 spiro atoms. The monoisotopic (exact) mass is 304 g/mol. The molecule has 0 aliphatic rings. The van der Waals surface area contributed by atoms with Gasteiger partial charge in [-0.05, 0) is 32.0 Å². The number of ether oxygens (including phenoxy) is 1. The molecule has 2 rings (SSSR count). The third-order valence-electron chi connectivity index (χ3n) is 2.92. The van der Waals surface area contributed by atoms with Crippen LogP contribution in [0, 0.1) is 6.92 Å². The van der Waals surface area contributed by atoms with E-state index in [9.17, 15) is 9.59 Å². The van der Waals surface area contributed by atoms with E-state index in [1.54, 1.807) is 26.0 Å². The number of aryl methyl sites for hydroxylation is 1. The summed E-state index contributed by atoms with van der Waals surface area (Å²) in [4.78, 5) is 27.1. The molecule has 1 amide bonds. The number of amides is 1. The SMILES string of the molecule is CCOc1ncccc1C(=O)NCc1cc(C(=O)O)c(C)o1. The van der Waals surface area contributed by atoms with Crippen molar-refractivity contribution in [3.8, 4) is 5.88 Å². The van der Waals surface area contributed by atoms with E-state index in [1.165, 1.54) is 12.3 Å². The quantitative estimate of drug-likeness (QED) is 0.846. The van der Waals surface area contributed by atoms with Crippen LogP contribution >= 0.6 is 0 Å². The molecule has 0 aromatic carbocycles. The Morgan fingerprint density at radius 2 is 2.18 bits per heavy atom. The molecule has 2 heterocycles. The zero-order chi connectivity index (χ0) is 16.1. The van der Waals surface area contributed by atoms with Gasteiger partial charge in [-0.15, -0.1) is 0 Å². The van der Waals surface area contributed by atoms with E-state index in [4.69, 9.17) is 14.3 Å². The second-order valence-electron chi connectivity index (χ2n) is 4.46. The molecule has 0 saturated carbocycles. The summed E-state index contributed by atoms with van der Waals surface area (Å²) in [5.41, 5.74) is 0.395. The van der Waals surface area contributed by atoms with Crippen molar-refractivity contribution in [1.82, 2.24) is 10.3 Å². The van der Waals surface area contributed by atoms with Crippen molar-refractivity contribution in [2.75, 3.05) is 6.61 Å². The molecule has 0 atom stereocenters. The van der Waals surface area contributed by atoms with E-state index in [2.05, 4.69) is 10.3 Å². The van der Waals surface area contributed by atoms with E-state index in [-0.39, 0.29) is 23.9 Å². The average Bonchev–Trinajstić information content (AvgIpc) is 2.87. The van der Waals surface area contributed by atoms with Crippen LogP contribution in [0.25, 0.3) is 0 Å². The Balaban J connectivity index is 2.07. The minimum Gasteiger partial charge on any atom is -0.478 e. The first kappa shape index (κ1) is 15.6. The van der Waals surface area contributed by atoms with E-state index < -0.39 is 5.97 Å². The Morgan fingerprint density at radius 3 is 2.82 bits per heavy atom. The van der Waals surface area contributed by atoms with Crippen molar-refractivity contribution < 1.29 is 23.8 Å². The summed E-state index contributed by atoms with van der Waals surface area (Å²) in [6.07, 6.45) is 1.54. The average molecular weight is 304 g/mol. The molecule has 2 N–H and O–H groups in total. The molecular weight excluding hydrogens is 288 g/mol. The molecule has 0 saturated heterocycles. The Bertz CT molecular complexity index is 693. The highest BCUT2D eigenvalue weighted by Crippen LogP contribution is 2.16. The smallest absolute Gasteiger partial charge is 0.339 e. The van der Waals surface area contributed by atoms with Crippen LogP contribution in [0.1, 0.15) is 39.2 Å². The van der Waals surface area contributed by atoms with Gasteiger partial charge >= 0.3 is 5.97 Å². The molecule has 0 radical (unpaired) electrons. The highest BCUT2D eigenvalue weighted by Gasteiger charge is 2.16. The van der Waals surface area contributed by atoms with E-state index in [0.29, 0.717) is 23.7 Å².